The number of benzene rings is 1. The van der Waals surface area contributed by atoms with E-state index in [0.717, 1.165) is 102 Å². The zero-order valence-corrected chi connectivity index (χ0v) is 32.3. The Labute approximate surface area is 317 Å². The summed E-state index contributed by atoms with van der Waals surface area (Å²) in [6.45, 7) is 4.27. The first-order chi connectivity index (χ1) is 25.8. The standard InChI is InChI=1S/C38H47F3N7O4S2/c1-36(2,38(39,40)41)26-52-30(42)17-19-43-35-34-29-14-7-6-13-28(29)12-5-3-4-8-20-48(25-37(53-22-11-23-53)18-10-21-51-27-37)32-15-9-16-33(46-32)54(49,50)47-31(45-34)24-44-35/h6-7,9,13-17,19,24H,3-5,8,10-12,18,20-22,25-27,42H2,1-2H3,(H,45,47)/q-1/p+1/b30-17+,43-19?/t37-/m0/s1. The number of alkyl halides is 3. The number of aryl methyl sites for hydroxylation is 1. The van der Waals surface area contributed by atoms with E-state index in [0.29, 0.717) is 18.1 Å². The summed E-state index contributed by atoms with van der Waals surface area (Å²) in [5, 5.41) is 3.51. The first-order valence-corrected chi connectivity index (χ1v) is 21.1. The number of nitrogens with one attached hydrogen (secondary N) is 2. The molecule has 0 spiro atoms. The van der Waals surface area contributed by atoms with E-state index in [1.807, 2.05) is 30.3 Å². The van der Waals surface area contributed by atoms with Crippen LogP contribution in [-0.2, 0) is 36.2 Å². The molecule has 1 aromatic carbocycles. The third-order valence-electron chi connectivity index (χ3n) is 9.93. The van der Waals surface area contributed by atoms with Gasteiger partial charge in [0.2, 0.25) is 0 Å². The number of allylic oxidation sites excluding steroid dienone is 1. The highest BCUT2D eigenvalue weighted by molar-refractivity contribution is 7.92. The summed E-state index contributed by atoms with van der Waals surface area (Å²) in [4.78, 5) is 19.2. The quantitative estimate of drug-likeness (QED) is 0.161. The lowest BCUT2D eigenvalue weighted by atomic mass is 9.94. The van der Waals surface area contributed by atoms with Crippen LogP contribution in [0.3, 0.4) is 0 Å². The number of rotatable bonds is 7. The SMILES string of the molecule is CC(C)(CO/C(N)=C/C=Nc1[nH+]cc2nc1-c1ccccc1CCCCCCN(C[C@@]1([S-]3#CCC3)CCCOC1)c1cccc(n1)S(=O)(=O)N2)C(F)(F)F. The summed E-state index contributed by atoms with van der Waals surface area (Å²) >= 11 is 0. The normalized spacial score (nSPS) is 21.5. The van der Waals surface area contributed by atoms with Crippen molar-refractivity contribution in [3.8, 4) is 16.4 Å². The first kappa shape index (κ1) is 39.6. The molecule has 4 N–H and O–H groups in total. The molecule has 0 saturated carbocycles. The van der Waals surface area contributed by atoms with Gasteiger partial charge in [0.05, 0.1) is 5.41 Å². The molecule has 0 amide bonds. The van der Waals surface area contributed by atoms with Crippen LogP contribution in [0, 0.1) is 10.6 Å². The number of nitrogens with two attached hydrogens (primary N) is 1. The molecular formula is C38H48F3N7O4S2. The summed E-state index contributed by atoms with van der Waals surface area (Å²) in [5.74, 6) is 1.77. The molecular weight excluding hydrogens is 740 g/mol. The Hall–Kier alpha value is -4.11. The number of fused-ring (bicyclic) bond motifs is 6. The van der Waals surface area contributed by atoms with Crippen molar-refractivity contribution in [2.45, 2.75) is 81.2 Å². The van der Waals surface area contributed by atoms with Gasteiger partial charge in [-0.05, 0) is 68.6 Å². The second-order valence-electron chi connectivity index (χ2n) is 14.5. The van der Waals surface area contributed by atoms with Gasteiger partial charge in [0.15, 0.2) is 22.4 Å². The van der Waals surface area contributed by atoms with Crippen LogP contribution >= 0.6 is 0 Å². The smallest absolute Gasteiger partial charge is 0.397 e. The van der Waals surface area contributed by atoms with Gasteiger partial charge < -0.3 is 35.6 Å². The minimum absolute atomic E-state index is 0.0236. The molecule has 3 aromatic rings. The molecule has 11 nitrogen and oxygen atoms in total. The van der Waals surface area contributed by atoms with Gasteiger partial charge in [-0.1, -0.05) is 54.3 Å². The largest absolute Gasteiger partial charge is 0.478 e. The molecule has 1 saturated heterocycles. The molecule has 3 aliphatic rings. The number of aromatic amines is 1. The van der Waals surface area contributed by atoms with E-state index >= 15 is 0 Å². The molecule has 1 atom stereocenters. The number of nitrogens with zero attached hydrogens (tertiary/aromatic N) is 4. The lowest BCUT2D eigenvalue weighted by Crippen LogP contribution is -2.53. The van der Waals surface area contributed by atoms with Gasteiger partial charge in [0.1, 0.15) is 24.8 Å². The summed E-state index contributed by atoms with van der Waals surface area (Å²) < 4.78 is 81.4. The maximum Gasteiger partial charge on any atom is 0.397 e. The molecule has 1 fully saturated rings. The van der Waals surface area contributed by atoms with Crippen molar-refractivity contribution in [1.82, 2.24) is 9.97 Å². The van der Waals surface area contributed by atoms with Crippen molar-refractivity contribution >= 4 is 44.0 Å². The van der Waals surface area contributed by atoms with Gasteiger partial charge in [-0.3, -0.25) is 4.72 Å². The highest BCUT2D eigenvalue weighted by Crippen LogP contribution is 2.38. The summed E-state index contributed by atoms with van der Waals surface area (Å²) in [6.07, 6.45) is 7.07. The minimum atomic E-state index is -4.47. The predicted molar refractivity (Wildman–Crippen MR) is 205 cm³/mol. The van der Waals surface area contributed by atoms with Crippen LogP contribution in [0.5, 0.6) is 0 Å². The van der Waals surface area contributed by atoms with Crippen LogP contribution < -0.4 is 20.3 Å². The Morgan fingerprint density at radius 1 is 1.15 bits per heavy atom. The number of aliphatic imine (C=N–C) groups is 1. The molecule has 0 radical (unpaired) electrons. The molecule has 4 bridgehead atoms. The van der Waals surface area contributed by atoms with E-state index in [4.69, 9.17) is 25.2 Å². The molecule has 0 aliphatic carbocycles. The van der Waals surface area contributed by atoms with E-state index < -0.39 is 28.2 Å². The van der Waals surface area contributed by atoms with Crippen molar-refractivity contribution in [2.24, 2.45) is 16.1 Å². The fraction of sp³-hybridized carbons (Fsp3) is 0.500. The average Bonchev–Trinajstić information content (AvgIpc) is 3.11. The minimum Gasteiger partial charge on any atom is -0.478 e. The molecule has 3 aliphatic heterocycles. The number of hydrogen-bond acceptors (Lipinski definition) is 10. The third-order valence-corrected chi connectivity index (χ3v) is 13.8. The van der Waals surface area contributed by atoms with Crippen molar-refractivity contribution < 1.29 is 36.0 Å². The van der Waals surface area contributed by atoms with Gasteiger partial charge in [-0.2, -0.15) is 21.6 Å². The first-order valence-electron chi connectivity index (χ1n) is 18.2. The maximum absolute atomic E-state index is 13.9. The van der Waals surface area contributed by atoms with Crippen LogP contribution in [0.15, 0.2) is 70.6 Å². The third kappa shape index (κ3) is 9.39. The number of pyridine rings is 1. The van der Waals surface area contributed by atoms with Crippen LogP contribution in [0.25, 0.3) is 11.3 Å². The summed E-state index contributed by atoms with van der Waals surface area (Å²) in [7, 11) is -4.16. The van der Waals surface area contributed by atoms with E-state index in [2.05, 4.69) is 24.8 Å². The molecule has 5 heterocycles. The number of aromatic nitrogens is 3. The molecule has 292 valence electrons. The Morgan fingerprint density at radius 3 is 2.69 bits per heavy atom. The molecule has 2 aromatic heterocycles. The van der Waals surface area contributed by atoms with Crippen molar-refractivity contribution in [1.29, 1.82) is 0 Å². The number of sulfonamides is 1. The predicted octanol–water partition coefficient (Wildman–Crippen LogP) is 6.32. The zero-order valence-electron chi connectivity index (χ0n) is 30.6. The van der Waals surface area contributed by atoms with E-state index in [9.17, 15) is 21.6 Å². The van der Waals surface area contributed by atoms with Crippen LogP contribution in [0.2, 0.25) is 0 Å². The van der Waals surface area contributed by atoms with E-state index in [1.54, 1.807) is 6.07 Å². The summed E-state index contributed by atoms with van der Waals surface area (Å²) in [6, 6.07) is 12.8. The average molecular weight is 788 g/mol. The van der Waals surface area contributed by atoms with Crippen LogP contribution in [-0.4, -0.2) is 74.2 Å². The Bertz CT molecular complexity index is 2070. The van der Waals surface area contributed by atoms with Crippen molar-refractivity contribution in [3.05, 3.63) is 66.2 Å². The van der Waals surface area contributed by atoms with E-state index in [1.165, 1.54) is 24.6 Å². The number of anilines is 2. The Balaban J connectivity index is 1.32. The van der Waals surface area contributed by atoms with Gasteiger partial charge in [-0.25, -0.2) is 15.0 Å². The lowest BCUT2D eigenvalue weighted by Gasteiger charge is -2.53. The van der Waals surface area contributed by atoms with Crippen molar-refractivity contribution in [2.75, 3.05) is 48.3 Å². The maximum atomic E-state index is 13.9. The van der Waals surface area contributed by atoms with Crippen molar-refractivity contribution in [3.63, 3.8) is 0 Å². The monoisotopic (exact) mass is 787 g/mol. The fourth-order valence-corrected chi connectivity index (χ4v) is 9.64. The molecule has 6 rings (SSSR count). The topological polar surface area (TPSA) is 146 Å². The number of halogens is 3. The summed E-state index contributed by atoms with van der Waals surface area (Å²) in [5.41, 5.74) is 5.88. The van der Waals surface area contributed by atoms with Crippen LogP contribution in [0.4, 0.5) is 30.6 Å². The number of H-pyrrole nitrogens is 1. The van der Waals surface area contributed by atoms with Gasteiger partial charge >= 0.3 is 12.0 Å². The second-order valence-corrected chi connectivity index (χ2v) is 18.5. The molecule has 54 heavy (non-hydrogen) atoms. The number of ether oxygens (including phenoxy) is 2. The van der Waals surface area contributed by atoms with Gasteiger partial charge in [0.25, 0.3) is 10.0 Å². The lowest BCUT2D eigenvalue weighted by molar-refractivity contribution is -0.361. The van der Waals surface area contributed by atoms with E-state index in [-0.39, 0.29) is 37.6 Å². The molecule has 16 heteroatoms. The Morgan fingerprint density at radius 2 is 1.94 bits per heavy atom. The van der Waals surface area contributed by atoms with Gasteiger partial charge in [0, 0.05) is 37.9 Å². The number of hydrogen-bond donors (Lipinski definition) is 2. The fourth-order valence-electron chi connectivity index (χ4n) is 6.61. The van der Waals surface area contributed by atoms with Crippen LogP contribution in [0.1, 0.15) is 64.4 Å². The Kier molecular flexibility index (Phi) is 12.3. The molecule has 0 unspecified atom stereocenters. The van der Waals surface area contributed by atoms with Gasteiger partial charge in [-0.15, -0.1) is 5.75 Å². The zero-order chi connectivity index (χ0) is 38.4. The highest BCUT2D eigenvalue weighted by atomic mass is 32.2. The highest BCUT2D eigenvalue weighted by Gasteiger charge is 2.48. The second kappa shape index (κ2) is 16.7.